The van der Waals surface area contributed by atoms with Gasteiger partial charge in [-0.2, -0.15) is 5.26 Å². The first-order valence-electron chi connectivity index (χ1n) is 4.48. The number of rotatable bonds is 1. The van der Waals surface area contributed by atoms with Gasteiger partial charge in [-0.1, -0.05) is 32.4 Å². The van der Waals surface area contributed by atoms with Crippen LogP contribution in [0.15, 0.2) is 12.1 Å². The number of nitrogens with zero attached hydrogens (tertiary/aromatic N) is 2. The topological polar surface area (TPSA) is 36.7 Å². The highest BCUT2D eigenvalue weighted by atomic mass is 35.5. The van der Waals surface area contributed by atoms with Gasteiger partial charge in [-0.3, -0.25) is 0 Å². The van der Waals surface area contributed by atoms with Crippen LogP contribution in [0.5, 0.6) is 0 Å². The van der Waals surface area contributed by atoms with Crippen molar-refractivity contribution in [2.24, 2.45) is 5.41 Å². The van der Waals surface area contributed by atoms with Crippen LogP contribution in [0.3, 0.4) is 0 Å². The third-order valence-corrected chi connectivity index (χ3v) is 2.03. The van der Waals surface area contributed by atoms with Gasteiger partial charge in [0.1, 0.15) is 11.2 Å². The highest BCUT2D eigenvalue weighted by molar-refractivity contribution is 6.30. The normalized spacial score (nSPS) is 11.1. The standard InChI is InChI=1S/C11H13ClN2/c1-11(2,3)6-9-5-4-8(7-13)10(12)14-9/h4-5H,6H2,1-3H3. The van der Waals surface area contributed by atoms with E-state index < -0.39 is 0 Å². The lowest BCUT2D eigenvalue weighted by atomic mass is 9.90. The molecule has 3 heteroatoms. The molecular weight excluding hydrogens is 196 g/mol. The molecule has 0 spiro atoms. The maximum Gasteiger partial charge on any atom is 0.147 e. The summed E-state index contributed by atoms with van der Waals surface area (Å²) >= 11 is 5.82. The van der Waals surface area contributed by atoms with Crippen LogP contribution in [-0.2, 0) is 6.42 Å². The first kappa shape index (κ1) is 11.0. The summed E-state index contributed by atoms with van der Waals surface area (Å²) in [5, 5.41) is 8.97. The van der Waals surface area contributed by atoms with E-state index in [0.717, 1.165) is 12.1 Å². The van der Waals surface area contributed by atoms with Gasteiger partial charge >= 0.3 is 0 Å². The SMILES string of the molecule is CC(C)(C)Cc1ccc(C#N)c(Cl)n1. The second-order valence-electron chi connectivity index (χ2n) is 4.49. The van der Waals surface area contributed by atoms with Gasteiger partial charge in [-0.25, -0.2) is 4.98 Å². The van der Waals surface area contributed by atoms with Gasteiger partial charge in [0.15, 0.2) is 0 Å². The first-order chi connectivity index (χ1) is 6.42. The Morgan fingerprint density at radius 3 is 2.50 bits per heavy atom. The van der Waals surface area contributed by atoms with Crippen LogP contribution >= 0.6 is 11.6 Å². The molecule has 74 valence electrons. The van der Waals surface area contributed by atoms with Gasteiger partial charge in [0.05, 0.1) is 5.56 Å². The van der Waals surface area contributed by atoms with Crippen LogP contribution in [0.2, 0.25) is 5.15 Å². The van der Waals surface area contributed by atoms with E-state index in [-0.39, 0.29) is 5.41 Å². The van der Waals surface area contributed by atoms with Crippen molar-refractivity contribution in [1.29, 1.82) is 5.26 Å². The van der Waals surface area contributed by atoms with Gasteiger partial charge in [0, 0.05) is 5.69 Å². The van der Waals surface area contributed by atoms with Crippen LogP contribution < -0.4 is 0 Å². The van der Waals surface area contributed by atoms with Gasteiger partial charge in [0.25, 0.3) is 0 Å². The Kier molecular flexibility index (Phi) is 3.13. The number of nitriles is 1. The molecule has 1 aromatic heterocycles. The maximum atomic E-state index is 8.67. The quantitative estimate of drug-likeness (QED) is 0.665. The van der Waals surface area contributed by atoms with Gasteiger partial charge in [-0.15, -0.1) is 0 Å². The molecule has 0 N–H and O–H groups in total. The van der Waals surface area contributed by atoms with E-state index in [1.165, 1.54) is 0 Å². The van der Waals surface area contributed by atoms with Crippen molar-refractivity contribution in [3.63, 3.8) is 0 Å². The predicted molar refractivity (Wildman–Crippen MR) is 57.1 cm³/mol. The summed E-state index contributed by atoms with van der Waals surface area (Å²) in [6, 6.07) is 5.57. The third kappa shape index (κ3) is 3.01. The molecule has 0 aliphatic carbocycles. The molecule has 0 aliphatic heterocycles. The van der Waals surface area contributed by atoms with Crippen molar-refractivity contribution in [3.8, 4) is 6.07 Å². The fraction of sp³-hybridized carbons (Fsp3) is 0.455. The smallest absolute Gasteiger partial charge is 0.147 e. The van der Waals surface area contributed by atoms with Gasteiger partial charge < -0.3 is 0 Å². The van der Waals surface area contributed by atoms with E-state index in [4.69, 9.17) is 16.9 Å². The van der Waals surface area contributed by atoms with Gasteiger partial charge in [0.2, 0.25) is 0 Å². The van der Waals surface area contributed by atoms with Crippen molar-refractivity contribution >= 4 is 11.6 Å². The maximum absolute atomic E-state index is 8.67. The average Bonchev–Trinajstić information content (AvgIpc) is 2.01. The lowest BCUT2D eigenvalue weighted by molar-refractivity contribution is 0.406. The number of pyridine rings is 1. The van der Waals surface area contributed by atoms with E-state index in [1.807, 2.05) is 12.1 Å². The predicted octanol–water partition coefficient (Wildman–Crippen LogP) is 3.20. The molecule has 0 atom stereocenters. The molecule has 0 unspecified atom stereocenters. The Morgan fingerprint density at radius 2 is 2.07 bits per heavy atom. The minimum absolute atomic E-state index is 0.185. The molecule has 0 aliphatic rings. The summed E-state index contributed by atoms with van der Waals surface area (Å²) in [7, 11) is 0. The Balaban J connectivity index is 2.94. The lowest BCUT2D eigenvalue weighted by Gasteiger charge is -2.17. The number of aromatic nitrogens is 1. The molecular formula is C11H13ClN2. The molecule has 2 nitrogen and oxygen atoms in total. The summed E-state index contributed by atoms with van der Waals surface area (Å²) in [4.78, 5) is 4.17. The van der Waals surface area contributed by atoms with E-state index in [0.29, 0.717) is 10.7 Å². The lowest BCUT2D eigenvalue weighted by Crippen LogP contribution is -2.10. The van der Waals surface area contributed by atoms with Gasteiger partial charge in [-0.05, 0) is 24.0 Å². The summed E-state index contributed by atoms with van der Waals surface area (Å²) < 4.78 is 0. The zero-order valence-corrected chi connectivity index (χ0v) is 9.39. The van der Waals surface area contributed by atoms with E-state index >= 15 is 0 Å². The van der Waals surface area contributed by atoms with E-state index in [2.05, 4.69) is 25.8 Å². The second kappa shape index (κ2) is 3.98. The van der Waals surface area contributed by atoms with Crippen molar-refractivity contribution in [2.75, 3.05) is 0 Å². The molecule has 14 heavy (non-hydrogen) atoms. The summed E-state index contributed by atoms with van der Waals surface area (Å²) in [6.07, 6.45) is 0.860. The Morgan fingerprint density at radius 1 is 1.43 bits per heavy atom. The summed E-state index contributed by atoms with van der Waals surface area (Å²) in [5.74, 6) is 0. The van der Waals surface area contributed by atoms with Crippen LogP contribution in [0, 0.1) is 16.7 Å². The minimum atomic E-state index is 0.185. The first-order valence-corrected chi connectivity index (χ1v) is 4.86. The fourth-order valence-electron chi connectivity index (χ4n) is 1.20. The number of hydrogen-bond acceptors (Lipinski definition) is 2. The van der Waals surface area contributed by atoms with Crippen LogP contribution in [0.4, 0.5) is 0 Å². The minimum Gasteiger partial charge on any atom is -0.240 e. The molecule has 0 saturated heterocycles. The van der Waals surface area contributed by atoms with E-state index in [1.54, 1.807) is 6.07 Å². The summed E-state index contributed by atoms with van der Waals surface area (Å²) in [5.41, 5.74) is 1.55. The zero-order chi connectivity index (χ0) is 10.8. The Bertz CT molecular complexity index is 372. The Labute approximate surface area is 89.5 Å². The van der Waals surface area contributed by atoms with Crippen molar-refractivity contribution in [2.45, 2.75) is 27.2 Å². The largest absolute Gasteiger partial charge is 0.240 e. The zero-order valence-electron chi connectivity index (χ0n) is 8.63. The molecule has 0 aromatic carbocycles. The summed E-state index contributed by atoms with van der Waals surface area (Å²) in [6.45, 7) is 6.42. The third-order valence-electron chi connectivity index (χ3n) is 1.74. The van der Waals surface area contributed by atoms with Crippen LogP contribution in [0.25, 0.3) is 0 Å². The molecule has 1 heterocycles. The molecule has 1 rings (SSSR count). The van der Waals surface area contributed by atoms with Crippen molar-refractivity contribution in [1.82, 2.24) is 4.98 Å². The molecule has 1 aromatic rings. The van der Waals surface area contributed by atoms with Crippen molar-refractivity contribution in [3.05, 3.63) is 28.5 Å². The Hall–Kier alpha value is -1.07. The molecule has 0 radical (unpaired) electrons. The molecule has 0 amide bonds. The highest BCUT2D eigenvalue weighted by Crippen LogP contribution is 2.21. The van der Waals surface area contributed by atoms with Crippen LogP contribution in [0.1, 0.15) is 32.0 Å². The molecule has 0 bridgehead atoms. The van der Waals surface area contributed by atoms with E-state index in [9.17, 15) is 0 Å². The van der Waals surface area contributed by atoms with Crippen molar-refractivity contribution < 1.29 is 0 Å². The molecule has 0 fully saturated rings. The highest BCUT2D eigenvalue weighted by Gasteiger charge is 2.13. The second-order valence-corrected chi connectivity index (χ2v) is 4.85. The number of halogens is 1. The monoisotopic (exact) mass is 208 g/mol. The molecule has 0 saturated carbocycles. The van der Waals surface area contributed by atoms with Crippen LogP contribution in [-0.4, -0.2) is 4.98 Å². The number of hydrogen-bond donors (Lipinski definition) is 0. The average molecular weight is 209 g/mol. The fourth-order valence-corrected chi connectivity index (χ4v) is 1.41.